The van der Waals surface area contributed by atoms with Crippen LogP contribution in [0.15, 0.2) is 0 Å². The van der Waals surface area contributed by atoms with E-state index < -0.39 is 78.2 Å². The van der Waals surface area contributed by atoms with Gasteiger partial charge in [-0.2, -0.15) is 0 Å². The molecule has 0 fully saturated rings. The minimum absolute atomic E-state index is 0.146. The van der Waals surface area contributed by atoms with Crippen LogP contribution in [0.25, 0.3) is 0 Å². The van der Waals surface area contributed by atoms with E-state index in [1.54, 1.807) is 27.7 Å². The van der Waals surface area contributed by atoms with Gasteiger partial charge in [-0.25, -0.2) is 4.79 Å². The van der Waals surface area contributed by atoms with Crippen LogP contribution in [0.5, 0.6) is 0 Å². The zero-order chi connectivity index (χ0) is 26.0. The Kier molecular flexibility index (Phi) is 12.6. The maximum atomic E-state index is 12.9. The van der Waals surface area contributed by atoms with Gasteiger partial charge in [-0.15, -0.1) is 0 Å². The van der Waals surface area contributed by atoms with E-state index in [2.05, 4.69) is 16.0 Å². The van der Waals surface area contributed by atoms with Gasteiger partial charge < -0.3 is 37.0 Å². The molecule has 0 saturated heterocycles. The van der Waals surface area contributed by atoms with E-state index in [4.69, 9.17) is 15.9 Å². The summed E-state index contributed by atoms with van der Waals surface area (Å²) < 4.78 is 0. The monoisotopic (exact) mass is 474 g/mol. The van der Waals surface area contributed by atoms with Gasteiger partial charge in [-0.1, -0.05) is 41.5 Å². The number of hydrogen-bond donors (Lipinski definition) is 7. The first-order chi connectivity index (χ1) is 15.1. The van der Waals surface area contributed by atoms with Crippen molar-refractivity contribution in [2.45, 2.75) is 84.7 Å². The van der Waals surface area contributed by atoms with Crippen LogP contribution in [0.4, 0.5) is 0 Å². The molecule has 3 amide bonds. The maximum absolute atomic E-state index is 12.9. The fourth-order valence-corrected chi connectivity index (χ4v) is 3.06. The standard InChI is InChI=1S/C21H38N4O8/c1-9(2)7-12(22)17(28)20(31)25-16(11(5)6)19(30)24-15(10(3)4)18(29)23-13(21(32)33)8-14(26)27/h9-13,15-17,28H,7-8,22H2,1-6H3,(H,23,29)(H,24,30)(H,25,31)(H,26,27)(H,32,33)/t12?,13?,15?,16?,17-/m0/s1. The van der Waals surface area contributed by atoms with Crippen molar-refractivity contribution in [1.82, 2.24) is 16.0 Å². The number of hydrogen-bond acceptors (Lipinski definition) is 7. The average molecular weight is 475 g/mol. The fourth-order valence-electron chi connectivity index (χ4n) is 3.06. The quantitative estimate of drug-likeness (QED) is 0.165. The Morgan fingerprint density at radius 3 is 1.55 bits per heavy atom. The SMILES string of the molecule is CC(C)CC(N)[C@H](O)C(=O)NC(C(=O)NC(C(=O)NC(CC(=O)O)C(=O)O)C(C)C)C(C)C. The van der Waals surface area contributed by atoms with Crippen LogP contribution in [0, 0.1) is 17.8 Å². The lowest BCUT2D eigenvalue weighted by atomic mass is 9.97. The number of rotatable bonds is 14. The third-order valence-corrected chi connectivity index (χ3v) is 4.90. The summed E-state index contributed by atoms with van der Waals surface area (Å²) in [5, 5.41) is 35.2. The van der Waals surface area contributed by atoms with Crippen LogP contribution in [-0.4, -0.2) is 75.3 Å². The van der Waals surface area contributed by atoms with Gasteiger partial charge in [0.05, 0.1) is 6.42 Å². The molecule has 0 aliphatic carbocycles. The summed E-state index contributed by atoms with van der Waals surface area (Å²) in [7, 11) is 0. The van der Waals surface area contributed by atoms with Crippen molar-refractivity contribution in [2.75, 3.05) is 0 Å². The molecule has 0 spiro atoms. The van der Waals surface area contributed by atoms with Crippen molar-refractivity contribution >= 4 is 29.7 Å². The predicted octanol–water partition coefficient (Wildman–Crippen LogP) is -0.954. The van der Waals surface area contributed by atoms with E-state index in [1.807, 2.05) is 13.8 Å². The molecule has 8 N–H and O–H groups in total. The van der Waals surface area contributed by atoms with E-state index in [0.29, 0.717) is 6.42 Å². The third-order valence-electron chi connectivity index (χ3n) is 4.90. The van der Waals surface area contributed by atoms with Gasteiger partial charge in [0.1, 0.15) is 24.2 Å². The Bertz CT molecular complexity index is 710. The highest BCUT2D eigenvalue weighted by atomic mass is 16.4. The first-order valence-electron chi connectivity index (χ1n) is 10.9. The van der Waals surface area contributed by atoms with Crippen LogP contribution in [0.2, 0.25) is 0 Å². The Hall–Kier alpha value is -2.73. The topological polar surface area (TPSA) is 208 Å². The highest BCUT2D eigenvalue weighted by molar-refractivity contribution is 5.94. The predicted molar refractivity (Wildman–Crippen MR) is 119 cm³/mol. The number of nitrogens with one attached hydrogen (secondary N) is 3. The maximum Gasteiger partial charge on any atom is 0.326 e. The lowest BCUT2D eigenvalue weighted by Gasteiger charge is -2.29. The van der Waals surface area contributed by atoms with Crippen molar-refractivity contribution < 1.29 is 39.3 Å². The second-order valence-corrected chi connectivity index (χ2v) is 9.20. The number of carbonyl (C=O) groups excluding carboxylic acids is 3. The zero-order valence-electron chi connectivity index (χ0n) is 20.0. The molecule has 0 heterocycles. The molecule has 0 aliphatic rings. The summed E-state index contributed by atoms with van der Waals surface area (Å²) in [6.07, 6.45) is -1.97. The van der Waals surface area contributed by atoms with E-state index in [0.717, 1.165) is 0 Å². The van der Waals surface area contributed by atoms with Crippen molar-refractivity contribution in [3.8, 4) is 0 Å². The summed E-state index contributed by atoms with van der Waals surface area (Å²) in [5.74, 6) is -6.12. The number of carbonyl (C=O) groups is 5. The Morgan fingerprint density at radius 1 is 0.758 bits per heavy atom. The van der Waals surface area contributed by atoms with Crippen LogP contribution >= 0.6 is 0 Å². The summed E-state index contributed by atoms with van der Waals surface area (Å²) >= 11 is 0. The van der Waals surface area contributed by atoms with Crippen molar-refractivity contribution in [2.24, 2.45) is 23.5 Å². The molecule has 0 rings (SSSR count). The van der Waals surface area contributed by atoms with Crippen LogP contribution < -0.4 is 21.7 Å². The Morgan fingerprint density at radius 2 is 1.18 bits per heavy atom. The summed E-state index contributed by atoms with van der Waals surface area (Å²) in [6.45, 7) is 10.3. The van der Waals surface area contributed by atoms with E-state index in [-0.39, 0.29) is 5.92 Å². The molecule has 5 atom stereocenters. The molecular weight excluding hydrogens is 436 g/mol. The highest BCUT2D eigenvalue weighted by Crippen LogP contribution is 2.10. The molecule has 12 heteroatoms. The number of nitrogens with two attached hydrogens (primary N) is 1. The van der Waals surface area contributed by atoms with Gasteiger partial charge in [0.15, 0.2) is 0 Å². The highest BCUT2D eigenvalue weighted by Gasteiger charge is 2.34. The van der Waals surface area contributed by atoms with E-state index in [1.165, 1.54) is 0 Å². The Labute approximate surface area is 193 Å². The first-order valence-corrected chi connectivity index (χ1v) is 10.9. The molecule has 0 saturated carbocycles. The minimum atomic E-state index is -1.67. The summed E-state index contributed by atoms with van der Waals surface area (Å²) in [4.78, 5) is 60.0. The van der Waals surface area contributed by atoms with Gasteiger partial charge in [0, 0.05) is 6.04 Å². The number of aliphatic carboxylic acids is 2. The third kappa shape index (κ3) is 10.6. The van der Waals surface area contributed by atoms with Gasteiger partial charge in [-0.3, -0.25) is 19.2 Å². The molecule has 12 nitrogen and oxygen atoms in total. The lowest BCUT2D eigenvalue weighted by Crippen LogP contribution is -2.60. The smallest absolute Gasteiger partial charge is 0.326 e. The number of amides is 3. The molecule has 0 aromatic carbocycles. The van der Waals surface area contributed by atoms with E-state index in [9.17, 15) is 29.1 Å². The van der Waals surface area contributed by atoms with Gasteiger partial charge in [-0.05, 0) is 24.2 Å². The van der Waals surface area contributed by atoms with Crippen molar-refractivity contribution in [3.05, 3.63) is 0 Å². The fraction of sp³-hybridized carbons (Fsp3) is 0.762. The normalized spacial score (nSPS) is 16.0. The molecule has 190 valence electrons. The molecule has 4 unspecified atom stereocenters. The molecule has 0 aliphatic heterocycles. The van der Waals surface area contributed by atoms with Gasteiger partial charge >= 0.3 is 11.9 Å². The molecule has 0 aromatic heterocycles. The molecular formula is C21H38N4O8. The molecule has 33 heavy (non-hydrogen) atoms. The minimum Gasteiger partial charge on any atom is -0.481 e. The van der Waals surface area contributed by atoms with Crippen LogP contribution in [-0.2, 0) is 24.0 Å². The largest absolute Gasteiger partial charge is 0.481 e. The molecule has 0 aromatic rings. The van der Waals surface area contributed by atoms with Gasteiger partial charge in [0.2, 0.25) is 11.8 Å². The van der Waals surface area contributed by atoms with Crippen molar-refractivity contribution in [3.63, 3.8) is 0 Å². The number of aliphatic hydroxyl groups is 1. The van der Waals surface area contributed by atoms with Gasteiger partial charge in [0.25, 0.3) is 5.91 Å². The first kappa shape index (κ1) is 30.3. The number of carboxylic acids is 2. The number of aliphatic hydroxyl groups excluding tert-OH is 1. The average Bonchev–Trinajstić information content (AvgIpc) is 2.66. The number of carboxylic acid groups (broad SMARTS) is 2. The molecule has 0 bridgehead atoms. The lowest BCUT2D eigenvalue weighted by molar-refractivity contribution is -0.147. The van der Waals surface area contributed by atoms with Crippen molar-refractivity contribution in [1.29, 1.82) is 0 Å². The second-order valence-electron chi connectivity index (χ2n) is 9.20. The summed E-state index contributed by atoms with van der Waals surface area (Å²) in [5.41, 5.74) is 5.86. The van der Waals surface area contributed by atoms with Crippen LogP contribution in [0.3, 0.4) is 0 Å². The van der Waals surface area contributed by atoms with E-state index >= 15 is 0 Å². The van der Waals surface area contributed by atoms with Crippen LogP contribution in [0.1, 0.15) is 54.4 Å². The summed E-state index contributed by atoms with van der Waals surface area (Å²) in [6, 6.07) is -4.80. The molecule has 0 radical (unpaired) electrons. The second kappa shape index (κ2) is 13.7. The Balaban J connectivity index is 5.41. The zero-order valence-corrected chi connectivity index (χ0v) is 20.0.